The van der Waals surface area contributed by atoms with E-state index in [1.54, 1.807) is 19.2 Å². The molecule has 0 radical (unpaired) electrons. The van der Waals surface area contributed by atoms with Gasteiger partial charge in [-0.05, 0) is 56.7 Å². The minimum absolute atomic E-state index is 0. The Labute approximate surface area is 173 Å². The van der Waals surface area contributed by atoms with Gasteiger partial charge < -0.3 is 19.7 Å². The average molecular weight is 417 g/mol. The van der Waals surface area contributed by atoms with Gasteiger partial charge in [-0.2, -0.15) is 0 Å². The highest BCUT2D eigenvalue weighted by Gasteiger charge is 2.27. The van der Waals surface area contributed by atoms with Gasteiger partial charge in [-0.3, -0.25) is 4.79 Å². The predicted molar refractivity (Wildman–Crippen MR) is 111 cm³/mol. The summed E-state index contributed by atoms with van der Waals surface area (Å²) < 4.78 is 11.1. The summed E-state index contributed by atoms with van der Waals surface area (Å²) in [7, 11) is 1.57. The van der Waals surface area contributed by atoms with E-state index in [2.05, 4.69) is 5.32 Å². The van der Waals surface area contributed by atoms with Gasteiger partial charge in [0.15, 0.2) is 11.5 Å². The quantitative estimate of drug-likeness (QED) is 0.690. The van der Waals surface area contributed by atoms with Crippen LogP contribution in [0.5, 0.6) is 11.5 Å². The standard InChI is InChI=1S/C20H29ClN2O3.ClH/c1-3-10-26-19-17(21)11-15(12-18(19)25-2)20(24)23-8-6-16(7-9-23)22-13-14-4-5-14;/h11-12,14,16,22H,3-10,13H2,1-2H3;1H. The van der Waals surface area contributed by atoms with E-state index in [4.69, 9.17) is 21.1 Å². The Morgan fingerprint density at radius 1 is 1.26 bits per heavy atom. The van der Waals surface area contributed by atoms with E-state index in [0.717, 1.165) is 44.8 Å². The second-order valence-corrected chi connectivity index (χ2v) is 7.66. The molecule has 152 valence electrons. The summed E-state index contributed by atoms with van der Waals surface area (Å²) in [4.78, 5) is 14.8. The van der Waals surface area contributed by atoms with Crippen LogP contribution >= 0.6 is 24.0 Å². The number of piperidine rings is 1. The van der Waals surface area contributed by atoms with Crippen LogP contribution in [0, 0.1) is 5.92 Å². The Morgan fingerprint density at radius 2 is 1.96 bits per heavy atom. The molecule has 3 rings (SSSR count). The van der Waals surface area contributed by atoms with Crippen molar-refractivity contribution in [1.82, 2.24) is 10.2 Å². The highest BCUT2D eigenvalue weighted by Crippen LogP contribution is 2.37. The lowest BCUT2D eigenvalue weighted by atomic mass is 10.0. The van der Waals surface area contributed by atoms with Gasteiger partial charge in [-0.1, -0.05) is 18.5 Å². The molecule has 0 spiro atoms. The van der Waals surface area contributed by atoms with Gasteiger partial charge in [0, 0.05) is 24.7 Å². The van der Waals surface area contributed by atoms with E-state index < -0.39 is 0 Å². The molecule has 5 nitrogen and oxygen atoms in total. The molecule has 1 saturated heterocycles. The van der Waals surface area contributed by atoms with Crippen LogP contribution in [0.2, 0.25) is 5.02 Å². The summed E-state index contributed by atoms with van der Waals surface area (Å²) in [6.07, 6.45) is 5.61. The topological polar surface area (TPSA) is 50.8 Å². The Hall–Kier alpha value is -1.17. The summed E-state index contributed by atoms with van der Waals surface area (Å²) in [6.45, 7) is 5.27. The van der Waals surface area contributed by atoms with Gasteiger partial charge in [0.1, 0.15) is 0 Å². The van der Waals surface area contributed by atoms with Crippen molar-refractivity contribution in [3.63, 3.8) is 0 Å². The minimum Gasteiger partial charge on any atom is -0.493 e. The number of methoxy groups -OCH3 is 1. The predicted octanol–water partition coefficient (Wildman–Crippen LogP) is 4.16. The fraction of sp³-hybridized carbons (Fsp3) is 0.650. The Balaban J connectivity index is 0.00000261. The van der Waals surface area contributed by atoms with Crippen LogP contribution in [0.1, 0.15) is 49.4 Å². The molecule has 27 heavy (non-hydrogen) atoms. The van der Waals surface area contributed by atoms with Crippen LogP contribution in [-0.4, -0.2) is 50.2 Å². The number of likely N-dealkylation sites (tertiary alicyclic amines) is 1. The molecule has 1 amide bonds. The minimum atomic E-state index is 0. The summed E-state index contributed by atoms with van der Waals surface area (Å²) in [5, 5.41) is 4.06. The van der Waals surface area contributed by atoms with Gasteiger partial charge in [0.2, 0.25) is 0 Å². The second-order valence-electron chi connectivity index (χ2n) is 7.26. The van der Waals surface area contributed by atoms with Crippen LogP contribution in [-0.2, 0) is 0 Å². The number of rotatable bonds is 8. The fourth-order valence-electron chi connectivity index (χ4n) is 3.31. The zero-order valence-corrected chi connectivity index (χ0v) is 17.7. The number of ether oxygens (including phenoxy) is 2. The van der Waals surface area contributed by atoms with Gasteiger partial charge in [0.25, 0.3) is 5.91 Å². The normalized spacial score (nSPS) is 17.4. The lowest BCUT2D eigenvalue weighted by Gasteiger charge is -2.32. The van der Waals surface area contributed by atoms with E-state index in [0.29, 0.717) is 34.7 Å². The number of nitrogens with zero attached hydrogens (tertiary/aromatic N) is 1. The zero-order valence-electron chi connectivity index (χ0n) is 16.1. The fourth-order valence-corrected chi connectivity index (χ4v) is 3.58. The average Bonchev–Trinajstić information content (AvgIpc) is 3.49. The van der Waals surface area contributed by atoms with Crippen molar-refractivity contribution in [3.8, 4) is 11.5 Å². The van der Waals surface area contributed by atoms with Crippen LogP contribution < -0.4 is 14.8 Å². The van der Waals surface area contributed by atoms with Gasteiger partial charge in [0.05, 0.1) is 18.7 Å². The van der Waals surface area contributed by atoms with E-state index in [1.165, 1.54) is 12.8 Å². The maximum absolute atomic E-state index is 12.9. The van der Waals surface area contributed by atoms with Crippen LogP contribution in [0.4, 0.5) is 0 Å². The Kier molecular flexibility index (Phi) is 8.52. The molecule has 7 heteroatoms. The monoisotopic (exact) mass is 416 g/mol. The van der Waals surface area contributed by atoms with Crippen molar-refractivity contribution < 1.29 is 14.3 Å². The molecule has 1 N–H and O–H groups in total. The first-order chi connectivity index (χ1) is 12.6. The SMILES string of the molecule is CCCOc1c(Cl)cc(C(=O)N2CCC(NCC3CC3)CC2)cc1OC.Cl. The van der Waals surface area contributed by atoms with Crippen molar-refractivity contribution in [3.05, 3.63) is 22.7 Å². The first kappa shape index (κ1) is 22.1. The molecule has 1 heterocycles. The van der Waals surface area contributed by atoms with Crippen molar-refractivity contribution in [2.45, 2.75) is 45.1 Å². The van der Waals surface area contributed by atoms with Crippen LogP contribution in [0.25, 0.3) is 0 Å². The van der Waals surface area contributed by atoms with Crippen LogP contribution in [0.3, 0.4) is 0 Å². The van der Waals surface area contributed by atoms with E-state index in [9.17, 15) is 4.79 Å². The third-order valence-electron chi connectivity index (χ3n) is 5.10. The summed E-state index contributed by atoms with van der Waals surface area (Å²) in [5.74, 6) is 1.91. The molecule has 0 atom stereocenters. The third kappa shape index (κ3) is 5.90. The molecule has 1 aromatic carbocycles. The highest BCUT2D eigenvalue weighted by molar-refractivity contribution is 6.32. The van der Waals surface area contributed by atoms with Crippen molar-refractivity contribution in [1.29, 1.82) is 0 Å². The molecule has 1 aliphatic carbocycles. The Bertz CT molecular complexity index is 630. The number of amides is 1. The number of carbonyl (C=O) groups is 1. The van der Waals surface area contributed by atoms with E-state index in [1.807, 2.05) is 11.8 Å². The van der Waals surface area contributed by atoms with Crippen LogP contribution in [0.15, 0.2) is 12.1 Å². The molecule has 1 aliphatic heterocycles. The number of halogens is 2. The maximum atomic E-state index is 12.9. The molecule has 0 unspecified atom stereocenters. The molecule has 2 fully saturated rings. The second kappa shape index (κ2) is 10.4. The van der Waals surface area contributed by atoms with E-state index >= 15 is 0 Å². The molecular formula is C20H30Cl2N2O3. The number of nitrogens with one attached hydrogen (secondary N) is 1. The zero-order chi connectivity index (χ0) is 18.5. The molecule has 1 saturated carbocycles. The van der Waals surface area contributed by atoms with Gasteiger partial charge >= 0.3 is 0 Å². The lowest BCUT2D eigenvalue weighted by Crippen LogP contribution is -2.45. The van der Waals surface area contributed by atoms with Crippen molar-refractivity contribution >= 4 is 29.9 Å². The largest absolute Gasteiger partial charge is 0.493 e. The smallest absolute Gasteiger partial charge is 0.254 e. The van der Waals surface area contributed by atoms with Crippen molar-refractivity contribution in [2.75, 3.05) is 33.4 Å². The van der Waals surface area contributed by atoms with Gasteiger partial charge in [-0.25, -0.2) is 0 Å². The lowest BCUT2D eigenvalue weighted by molar-refractivity contribution is 0.0704. The number of carbonyl (C=O) groups excluding carboxylic acids is 1. The van der Waals surface area contributed by atoms with Crippen molar-refractivity contribution in [2.24, 2.45) is 5.92 Å². The molecule has 0 bridgehead atoms. The Morgan fingerprint density at radius 3 is 2.56 bits per heavy atom. The number of hydrogen-bond acceptors (Lipinski definition) is 4. The van der Waals surface area contributed by atoms with Gasteiger partial charge in [-0.15, -0.1) is 12.4 Å². The molecule has 2 aliphatic rings. The number of hydrogen-bond donors (Lipinski definition) is 1. The maximum Gasteiger partial charge on any atom is 0.254 e. The third-order valence-corrected chi connectivity index (χ3v) is 5.38. The summed E-state index contributed by atoms with van der Waals surface area (Å²) >= 11 is 6.35. The molecule has 1 aromatic rings. The first-order valence-electron chi connectivity index (χ1n) is 9.65. The summed E-state index contributed by atoms with van der Waals surface area (Å²) in [6, 6.07) is 3.95. The summed E-state index contributed by atoms with van der Waals surface area (Å²) in [5.41, 5.74) is 0.556. The molecular weight excluding hydrogens is 387 g/mol. The molecule has 0 aromatic heterocycles. The highest BCUT2D eigenvalue weighted by atomic mass is 35.5. The van der Waals surface area contributed by atoms with E-state index in [-0.39, 0.29) is 18.3 Å². The number of benzene rings is 1. The first-order valence-corrected chi connectivity index (χ1v) is 10.0.